The highest BCUT2D eigenvalue weighted by molar-refractivity contribution is 5.85. The molecule has 3 unspecified atom stereocenters. The second kappa shape index (κ2) is 7.90. The number of ether oxygens (including phenoxy) is 1. The molecule has 1 saturated carbocycles. The minimum absolute atomic E-state index is 0. The molecule has 0 aliphatic heterocycles. The molecule has 24 heavy (non-hydrogen) atoms. The third kappa shape index (κ3) is 3.84. The molecule has 1 aliphatic rings. The van der Waals surface area contributed by atoms with E-state index in [9.17, 15) is 4.79 Å². The molecule has 3 N–H and O–H groups in total. The molecule has 2 aromatic rings. The fraction of sp³-hybridized carbons (Fsp3) is 0.500. The SMILES string of the molecule is CCOc1cccc2cc(C(C)NC(=O)C3CCC(N)C3)oc12.Cl. The molecule has 0 spiro atoms. The number of hydrogen-bond donors (Lipinski definition) is 2. The van der Waals surface area contributed by atoms with E-state index in [0.29, 0.717) is 6.61 Å². The van der Waals surface area contributed by atoms with Crippen molar-refractivity contribution in [3.63, 3.8) is 0 Å². The van der Waals surface area contributed by atoms with E-state index in [4.69, 9.17) is 14.9 Å². The van der Waals surface area contributed by atoms with Gasteiger partial charge in [0.05, 0.1) is 12.6 Å². The Morgan fingerprint density at radius 3 is 2.92 bits per heavy atom. The van der Waals surface area contributed by atoms with Crippen molar-refractivity contribution < 1.29 is 13.9 Å². The Morgan fingerprint density at radius 1 is 1.46 bits per heavy atom. The van der Waals surface area contributed by atoms with Crippen LogP contribution in [0, 0.1) is 5.92 Å². The van der Waals surface area contributed by atoms with Crippen molar-refractivity contribution in [2.45, 2.75) is 45.2 Å². The van der Waals surface area contributed by atoms with Gasteiger partial charge < -0.3 is 20.2 Å². The van der Waals surface area contributed by atoms with E-state index in [0.717, 1.165) is 41.7 Å². The Kier molecular flexibility index (Phi) is 6.13. The van der Waals surface area contributed by atoms with E-state index >= 15 is 0 Å². The summed E-state index contributed by atoms with van der Waals surface area (Å²) in [6.07, 6.45) is 2.57. The number of nitrogens with one attached hydrogen (secondary N) is 1. The van der Waals surface area contributed by atoms with E-state index in [1.807, 2.05) is 38.1 Å². The van der Waals surface area contributed by atoms with E-state index in [1.165, 1.54) is 0 Å². The second-order valence-electron chi connectivity index (χ2n) is 6.26. The van der Waals surface area contributed by atoms with Crippen LogP contribution in [0.2, 0.25) is 0 Å². The van der Waals surface area contributed by atoms with Gasteiger partial charge in [-0.05, 0) is 45.2 Å². The maximum Gasteiger partial charge on any atom is 0.223 e. The van der Waals surface area contributed by atoms with Crippen molar-refractivity contribution in [2.24, 2.45) is 11.7 Å². The number of carbonyl (C=O) groups is 1. The quantitative estimate of drug-likeness (QED) is 0.862. The molecule has 0 radical (unpaired) electrons. The van der Waals surface area contributed by atoms with Gasteiger partial charge >= 0.3 is 0 Å². The highest BCUT2D eigenvalue weighted by Crippen LogP contribution is 2.31. The van der Waals surface area contributed by atoms with E-state index in [-0.39, 0.29) is 36.3 Å². The standard InChI is InChI=1S/C18H24N2O3.ClH/c1-3-22-15-6-4-5-12-10-16(23-17(12)15)11(2)20-18(21)13-7-8-14(19)9-13;/h4-6,10-11,13-14H,3,7-9,19H2,1-2H3,(H,20,21);1H. The molecule has 1 heterocycles. The van der Waals surface area contributed by atoms with Gasteiger partial charge in [-0.25, -0.2) is 0 Å². The van der Waals surface area contributed by atoms with Crippen molar-refractivity contribution in [2.75, 3.05) is 6.61 Å². The first-order valence-electron chi connectivity index (χ1n) is 8.29. The number of nitrogens with two attached hydrogens (primary N) is 1. The molecule has 1 amide bonds. The van der Waals surface area contributed by atoms with Crippen LogP contribution in [-0.4, -0.2) is 18.6 Å². The fourth-order valence-electron chi connectivity index (χ4n) is 3.20. The summed E-state index contributed by atoms with van der Waals surface area (Å²) in [6.45, 7) is 4.46. The molecule has 0 bridgehead atoms. The van der Waals surface area contributed by atoms with Crippen molar-refractivity contribution >= 4 is 29.3 Å². The number of rotatable bonds is 5. The zero-order valence-corrected chi connectivity index (χ0v) is 14.9. The van der Waals surface area contributed by atoms with Crippen LogP contribution in [0.25, 0.3) is 11.0 Å². The van der Waals surface area contributed by atoms with Gasteiger partial charge in [0, 0.05) is 17.3 Å². The molecule has 5 nitrogen and oxygen atoms in total. The Morgan fingerprint density at radius 2 is 2.25 bits per heavy atom. The summed E-state index contributed by atoms with van der Waals surface area (Å²) in [5, 5.41) is 4.02. The van der Waals surface area contributed by atoms with Crippen molar-refractivity contribution in [1.29, 1.82) is 0 Å². The van der Waals surface area contributed by atoms with Gasteiger partial charge in [0.2, 0.25) is 5.91 Å². The van der Waals surface area contributed by atoms with Crippen LogP contribution in [0.1, 0.15) is 44.9 Å². The van der Waals surface area contributed by atoms with E-state index in [1.54, 1.807) is 0 Å². The molecule has 0 saturated heterocycles. The predicted octanol–water partition coefficient (Wildman–Crippen LogP) is 3.56. The highest BCUT2D eigenvalue weighted by atomic mass is 35.5. The molecule has 1 aliphatic carbocycles. The summed E-state index contributed by atoms with van der Waals surface area (Å²) >= 11 is 0. The lowest BCUT2D eigenvalue weighted by atomic mass is 10.1. The number of halogens is 1. The number of furan rings is 1. The van der Waals surface area contributed by atoms with Crippen LogP contribution in [-0.2, 0) is 4.79 Å². The van der Waals surface area contributed by atoms with Gasteiger partial charge in [-0.1, -0.05) is 12.1 Å². The summed E-state index contributed by atoms with van der Waals surface area (Å²) in [7, 11) is 0. The molecule has 6 heteroatoms. The third-order valence-corrected chi connectivity index (χ3v) is 4.46. The summed E-state index contributed by atoms with van der Waals surface area (Å²) < 4.78 is 11.5. The number of hydrogen-bond acceptors (Lipinski definition) is 4. The molecule has 1 aromatic heterocycles. The van der Waals surface area contributed by atoms with Gasteiger partial charge in [-0.2, -0.15) is 0 Å². The smallest absolute Gasteiger partial charge is 0.223 e. The Labute approximate surface area is 148 Å². The highest BCUT2D eigenvalue weighted by Gasteiger charge is 2.29. The Balaban J connectivity index is 0.00000208. The maximum absolute atomic E-state index is 12.3. The van der Waals surface area contributed by atoms with Gasteiger partial charge in [0.25, 0.3) is 0 Å². The molecular weight excluding hydrogens is 328 g/mol. The number of benzene rings is 1. The third-order valence-electron chi connectivity index (χ3n) is 4.46. The minimum Gasteiger partial charge on any atom is -0.490 e. The van der Waals surface area contributed by atoms with Gasteiger partial charge in [0.15, 0.2) is 11.3 Å². The Hall–Kier alpha value is -1.72. The predicted molar refractivity (Wildman–Crippen MR) is 96.5 cm³/mol. The van der Waals surface area contributed by atoms with Crippen molar-refractivity contribution in [1.82, 2.24) is 5.32 Å². The van der Waals surface area contributed by atoms with Gasteiger partial charge in [-0.3, -0.25) is 4.79 Å². The lowest BCUT2D eigenvalue weighted by Crippen LogP contribution is -2.32. The largest absolute Gasteiger partial charge is 0.490 e. The van der Waals surface area contributed by atoms with Crippen LogP contribution in [0.4, 0.5) is 0 Å². The minimum atomic E-state index is -0.179. The zero-order chi connectivity index (χ0) is 16.4. The lowest BCUT2D eigenvalue weighted by molar-refractivity contribution is -0.125. The average molecular weight is 353 g/mol. The summed E-state index contributed by atoms with van der Waals surface area (Å²) in [6, 6.07) is 7.75. The number of carbonyl (C=O) groups excluding carboxylic acids is 1. The topological polar surface area (TPSA) is 77.5 Å². The average Bonchev–Trinajstić information content (AvgIpc) is 3.14. The number of para-hydroxylation sites is 1. The van der Waals surface area contributed by atoms with Crippen LogP contribution in [0.5, 0.6) is 5.75 Å². The van der Waals surface area contributed by atoms with Crippen molar-refractivity contribution in [3.8, 4) is 5.75 Å². The molecule has 1 aromatic carbocycles. The van der Waals surface area contributed by atoms with Gasteiger partial charge in [-0.15, -0.1) is 12.4 Å². The molecular formula is C18H25ClN2O3. The maximum atomic E-state index is 12.3. The molecule has 132 valence electrons. The summed E-state index contributed by atoms with van der Waals surface area (Å²) in [5.41, 5.74) is 6.62. The van der Waals surface area contributed by atoms with Crippen molar-refractivity contribution in [3.05, 3.63) is 30.0 Å². The van der Waals surface area contributed by atoms with Crippen LogP contribution in [0.15, 0.2) is 28.7 Å². The second-order valence-corrected chi connectivity index (χ2v) is 6.26. The fourth-order valence-corrected chi connectivity index (χ4v) is 3.20. The normalized spacial score (nSPS) is 21.3. The Bertz CT molecular complexity index is 701. The summed E-state index contributed by atoms with van der Waals surface area (Å²) in [4.78, 5) is 12.3. The lowest BCUT2D eigenvalue weighted by Gasteiger charge is -2.15. The van der Waals surface area contributed by atoms with E-state index < -0.39 is 0 Å². The monoisotopic (exact) mass is 352 g/mol. The molecule has 3 atom stereocenters. The first kappa shape index (κ1) is 18.6. The molecule has 1 fully saturated rings. The number of fused-ring (bicyclic) bond motifs is 1. The van der Waals surface area contributed by atoms with Gasteiger partial charge in [0.1, 0.15) is 5.76 Å². The molecule has 3 rings (SSSR count). The summed E-state index contributed by atoms with van der Waals surface area (Å²) in [5.74, 6) is 1.56. The van der Waals surface area contributed by atoms with Crippen LogP contribution in [0.3, 0.4) is 0 Å². The number of amides is 1. The zero-order valence-electron chi connectivity index (χ0n) is 14.1. The van der Waals surface area contributed by atoms with E-state index in [2.05, 4.69) is 5.32 Å². The first-order valence-corrected chi connectivity index (χ1v) is 8.29. The van der Waals surface area contributed by atoms with Crippen LogP contribution >= 0.6 is 12.4 Å². The van der Waals surface area contributed by atoms with Crippen LogP contribution < -0.4 is 15.8 Å². The first-order chi connectivity index (χ1) is 11.1.